The summed E-state index contributed by atoms with van der Waals surface area (Å²) in [5.41, 5.74) is 4.08. The summed E-state index contributed by atoms with van der Waals surface area (Å²) in [6.45, 7) is 6.12. The van der Waals surface area contributed by atoms with Crippen LogP contribution in [0.4, 0.5) is 5.69 Å². The lowest BCUT2D eigenvalue weighted by molar-refractivity contribution is 0.0940. The smallest absolute Gasteiger partial charge is 0.176 e. The van der Waals surface area contributed by atoms with Crippen molar-refractivity contribution in [3.05, 3.63) is 47.1 Å². The molecule has 0 aliphatic heterocycles. The summed E-state index contributed by atoms with van der Waals surface area (Å²) >= 11 is 6.28. The van der Waals surface area contributed by atoms with E-state index in [0.29, 0.717) is 17.4 Å². The first-order chi connectivity index (χ1) is 17.8. The quantitative estimate of drug-likeness (QED) is 0.206. The number of carbonyl (C=O) groups is 1. The summed E-state index contributed by atoms with van der Waals surface area (Å²) in [5, 5.41) is 15.1. The third-order valence-corrected chi connectivity index (χ3v) is 7.94. The molecule has 1 aliphatic rings. The van der Waals surface area contributed by atoms with Gasteiger partial charge in [0, 0.05) is 23.5 Å². The zero-order valence-electron chi connectivity index (χ0n) is 22.4. The molecule has 1 aliphatic carbocycles. The minimum atomic E-state index is -0.127. The number of phenols is 1. The van der Waals surface area contributed by atoms with Gasteiger partial charge in [-0.05, 0) is 67.0 Å². The van der Waals surface area contributed by atoms with E-state index in [1.165, 1.54) is 45.6 Å². The van der Waals surface area contributed by atoms with Gasteiger partial charge >= 0.3 is 0 Å². The number of phenolic OH excluding ortho intramolecular Hbond substituents is 1. The molecule has 6 heteroatoms. The molecular weight excluding hydrogens is 484 g/mol. The van der Waals surface area contributed by atoms with E-state index in [0.717, 1.165) is 46.5 Å². The molecule has 2 N–H and O–H groups in total. The number of unbranched alkanes of at least 4 members (excludes halogenated alkanes) is 2. The number of nitrogens with zero attached hydrogens (tertiary/aromatic N) is 1. The summed E-state index contributed by atoms with van der Waals surface area (Å²) < 4.78 is 5.31. The Hall–Kier alpha value is -2.79. The number of methoxy groups -OCH3 is 1. The molecule has 0 bridgehead atoms. The normalized spacial score (nSPS) is 17.8. The number of ether oxygens (including phenoxy) is 1. The molecule has 0 saturated heterocycles. The van der Waals surface area contributed by atoms with Gasteiger partial charge in [-0.2, -0.15) is 0 Å². The number of aromatic nitrogens is 1. The van der Waals surface area contributed by atoms with Crippen molar-refractivity contribution >= 4 is 34.0 Å². The van der Waals surface area contributed by atoms with Crippen molar-refractivity contribution in [3.63, 3.8) is 0 Å². The molecule has 1 fully saturated rings. The minimum Gasteiger partial charge on any atom is -0.503 e. The van der Waals surface area contributed by atoms with E-state index in [9.17, 15) is 9.90 Å². The van der Waals surface area contributed by atoms with Gasteiger partial charge in [0.05, 0.1) is 28.9 Å². The number of pyridine rings is 1. The van der Waals surface area contributed by atoms with Crippen LogP contribution in [0.25, 0.3) is 22.0 Å². The van der Waals surface area contributed by atoms with Crippen LogP contribution in [0.1, 0.15) is 82.5 Å². The van der Waals surface area contributed by atoms with Crippen molar-refractivity contribution in [2.45, 2.75) is 78.2 Å². The van der Waals surface area contributed by atoms with E-state index >= 15 is 0 Å². The Kier molecular flexibility index (Phi) is 8.96. The van der Waals surface area contributed by atoms with Crippen molar-refractivity contribution in [1.29, 1.82) is 0 Å². The average molecular weight is 523 g/mol. The molecule has 37 heavy (non-hydrogen) atoms. The van der Waals surface area contributed by atoms with E-state index in [2.05, 4.69) is 23.3 Å². The summed E-state index contributed by atoms with van der Waals surface area (Å²) in [6, 6.07) is 9.83. The molecule has 1 aromatic heterocycles. The molecule has 2 aromatic carbocycles. The molecule has 4 rings (SSSR count). The van der Waals surface area contributed by atoms with Crippen LogP contribution in [0.5, 0.6) is 11.5 Å². The average Bonchev–Trinajstić information content (AvgIpc) is 2.90. The first-order valence-electron chi connectivity index (χ1n) is 13.6. The summed E-state index contributed by atoms with van der Waals surface area (Å²) in [6.07, 6.45) is 11.7. The lowest BCUT2D eigenvalue weighted by Gasteiger charge is -2.31. The second kappa shape index (κ2) is 12.2. The Bertz CT molecular complexity index is 1250. The number of nitrogens with one attached hydrogen (secondary N) is 1. The maximum Gasteiger partial charge on any atom is 0.176 e. The fourth-order valence-electron chi connectivity index (χ4n) is 5.40. The summed E-state index contributed by atoms with van der Waals surface area (Å²) in [4.78, 5) is 17.9. The zero-order valence-corrected chi connectivity index (χ0v) is 23.2. The minimum absolute atomic E-state index is 0.0761. The van der Waals surface area contributed by atoms with Gasteiger partial charge in [0.25, 0.3) is 0 Å². The van der Waals surface area contributed by atoms with Gasteiger partial charge in [0.15, 0.2) is 17.3 Å². The molecule has 0 radical (unpaired) electrons. The second-order valence-corrected chi connectivity index (χ2v) is 11.1. The van der Waals surface area contributed by atoms with E-state index in [1.807, 2.05) is 26.0 Å². The van der Waals surface area contributed by atoms with Gasteiger partial charge in [-0.25, -0.2) is 0 Å². The number of anilines is 1. The highest BCUT2D eigenvalue weighted by Crippen LogP contribution is 2.40. The standard InChI is InChI=1S/C31H39ClN2O3/c1-5-6-7-8-20-9-12-23(13-10-20)34-29-24-15-21(22-16-26(32)31(36)28(17-22)37-4)11-14-27(24)33-18-25(29)30(35)19(2)3/h11,14-20,23,36H,5-10,12-13H2,1-4H3,(H,33,34). The van der Waals surface area contributed by atoms with Crippen LogP contribution in [0, 0.1) is 11.8 Å². The van der Waals surface area contributed by atoms with Crippen molar-refractivity contribution in [2.24, 2.45) is 11.8 Å². The molecule has 0 spiro atoms. The van der Waals surface area contributed by atoms with Crippen LogP contribution in [-0.2, 0) is 0 Å². The molecule has 5 nitrogen and oxygen atoms in total. The molecule has 0 amide bonds. The Morgan fingerprint density at radius 2 is 1.89 bits per heavy atom. The number of halogens is 1. The van der Waals surface area contributed by atoms with E-state index in [1.54, 1.807) is 18.3 Å². The monoisotopic (exact) mass is 522 g/mol. The number of aromatic hydroxyl groups is 1. The number of carbonyl (C=O) groups excluding carboxylic acids is 1. The first kappa shape index (κ1) is 27.3. The zero-order chi connectivity index (χ0) is 26.5. The number of Topliss-reactive ketones (excluding diaryl/α,β-unsaturated/α-hetero) is 1. The van der Waals surface area contributed by atoms with Gasteiger partial charge in [-0.1, -0.05) is 64.1 Å². The predicted molar refractivity (Wildman–Crippen MR) is 153 cm³/mol. The lowest BCUT2D eigenvalue weighted by Crippen LogP contribution is -2.27. The van der Waals surface area contributed by atoms with Crippen LogP contribution < -0.4 is 10.1 Å². The van der Waals surface area contributed by atoms with E-state index in [-0.39, 0.29) is 22.5 Å². The van der Waals surface area contributed by atoms with Gasteiger partial charge in [0.1, 0.15) is 0 Å². The summed E-state index contributed by atoms with van der Waals surface area (Å²) in [7, 11) is 1.50. The predicted octanol–water partition coefficient (Wildman–Crippen LogP) is 8.66. The van der Waals surface area contributed by atoms with Crippen LogP contribution in [0.2, 0.25) is 5.02 Å². The number of fused-ring (bicyclic) bond motifs is 1. The van der Waals surface area contributed by atoms with Crippen molar-refractivity contribution < 1.29 is 14.6 Å². The summed E-state index contributed by atoms with van der Waals surface area (Å²) in [5.74, 6) is 1.02. The fourth-order valence-corrected chi connectivity index (χ4v) is 5.61. The Morgan fingerprint density at radius 1 is 1.14 bits per heavy atom. The topological polar surface area (TPSA) is 71.5 Å². The Morgan fingerprint density at radius 3 is 2.57 bits per heavy atom. The largest absolute Gasteiger partial charge is 0.503 e. The Balaban J connectivity index is 1.70. The third-order valence-electron chi connectivity index (χ3n) is 7.65. The maximum absolute atomic E-state index is 13.2. The first-order valence-corrected chi connectivity index (χ1v) is 14.0. The molecule has 1 saturated carbocycles. The maximum atomic E-state index is 13.2. The van der Waals surface area contributed by atoms with Crippen LogP contribution in [0.15, 0.2) is 36.5 Å². The number of ketones is 1. The van der Waals surface area contributed by atoms with Crippen LogP contribution in [-0.4, -0.2) is 29.0 Å². The highest BCUT2D eigenvalue weighted by Gasteiger charge is 2.25. The number of hydrogen-bond donors (Lipinski definition) is 2. The number of benzene rings is 2. The number of hydrogen-bond acceptors (Lipinski definition) is 5. The molecule has 1 heterocycles. The number of rotatable bonds is 10. The Labute approximate surface area is 225 Å². The van der Waals surface area contributed by atoms with Gasteiger partial charge < -0.3 is 15.2 Å². The SMILES string of the molecule is CCCCCC1CCC(Nc2c(C(=O)C(C)C)cnc3ccc(-c4cc(Cl)c(O)c(OC)c4)cc23)CC1. The van der Waals surface area contributed by atoms with Gasteiger partial charge in [-0.15, -0.1) is 0 Å². The van der Waals surface area contributed by atoms with Crippen LogP contribution in [0.3, 0.4) is 0 Å². The molecule has 0 atom stereocenters. The van der Waals surface area contributed by atoms with Crippen molar-refractivity contribution in [1.82, 2.24) is 4.98 Å². The van der Waals surface area contributed by atoms with Crippen molar-refractivity contribution in [2.75, 3.05) is 12.4 Å². The highest BCUT2D eigenvalue weighted by atomic mass is 35.5. The molecule has 3 aromatic rings. The molecule has 0 unspecified atom stereocenters. The van der Waals surface area contributed by atoms with Gasteiger partial charge in [0.2, 0.25) is 0 Å². The van der Waals surface area contributed by atoms with E-state index < -0.39 is 0 Å². The second-order valence-electron chi connectivity index (χ2n) is 10.7. The van der Waals surface area contributed by atoms with Gasteiger partial charge in [-0.3, -0.25) is 9.78 Å². The molecular formula is C31H39ClN2O3. The van der Waals surface area contributed by atoms with E-state index in [4.69, 9.17) is 16.3 Å². The lowest BCUT2D eigenvalue weighted by atomic mass is 9.82. The van der Waals surface area contributed by atoms with Crippen molar-refractivity contribution in [3.8, 4) is 22.6 Å². The molecule has 198 valence electrons. The fraction of sp³-hybridized carbons (Fsp3) is 0.484. The van der Waals surface area contributed by atoms with Crippen LogP contribution >= 0.6 is 11.6 Å². The highest BCUT2D eigenvalue weighted by molar-refractivity contribution is 6.32. The third kappa shape index (κ3) is 6.20.